The summed E-state index contributed by atoms with van der Waals surface area (Å²) in [7, 11) is 0. The van der Waals surface area contributed by atoms with Crippen LogP contribution in [0.5, 0.6) is 0 Å². The number of aliphatic hydroxyl groups excluding tert-OH is 2. The largest absolute Gasteiger partial charge is 0.432 e. The van der Waals surface area contributed by atoms with Crippen molar-refractivity contribution in [3.05, 3.63) is 24.9 Å². The lowest BCUT2D eigenvalue weighted by Crippen LogP contribution is -2.59. The van der Waals surface area contributed by atoms with E-state index < -0.39 is 40.8 Å². The smallest absolute Gasteiger partial charge is 0.393 e. The van der Waals surface area contributed by atoms with Gasteiger partial charge in [0.2, 0.25) is 0 Å². The molecule has 5 atom stereocenters. The van der Waals surface area contributed by atoms with Crippen LogP contribution in [0.3, 0.4) is 0 Å². The van der Waals surface area contributed by atoms with Crippen molar-refractivity contribution in [2.45, 2.75) is 23.7 Å². The fourth-order valence-corrected chi connectivity index (χ4v) is 2.82. The Morgan fingerprint density at radius 3 is 2.84 bits per heavy atom. The number of hydrogen-bond donors (Lipinski definition) is 4. The molecule has 19 heavy (non-hydrogen) atoms. The van der Waals surface area contributed by atoms with Gasteiger partial charge in [-0.25, -0.2) is 4.79 Å². The minimum absolute atomic E-state index is 0.158. The lowest BCUT2D eigenvalue weighted by atomic mass is 9.95. The van der Waals surface area contributed by atoms with Gasteiger partial charge in [-0.3, -0.25) is 10.7 Å². The van der Waals surface area contributed by atoms with Crippen molar-refractivity contribution in [1.82, 2.24) is 5.32 Å². The number of quaternary nitrogens is 1. The topological polar surface area (TPSA) is 103 Å². The van der Waals surface area contributed by atoms with Crippen LogP contribution in [-0.2, 0) is 4.74 Å². The van der Waals surface area contributed by atoms with E-state index in [9.17, 15) is 19.4 Å². The molecule has 3 rings (SSSR count). The van der Waals surface area contributed by atoms with Gasteiger partial charge in [0.15, 0.2) is 11.7 Å². The molecule has 7 nitrogen and oxygen atoms in total. The zero-order valence-electron chi connectivity index (χ0n) is 9.84. The van der Waals surface area contributed by atoms with Crippen molar-refractivity contribution in [3.63, 3.8) is 0 Å². The van der Waals surface area contributed by atoms with E-state index in [1.165, 1.54) is 12.3 Å². The predicted molar refractivity (Wildman–Crippen MR) is 60.4 cm³/mol. The first-order chi connectivity index (χ1) is 8.89. The maximum Gasteiger partial charge on any atom is 0.432 e. The molecule has 0 bridgehead atoms. The Hall–Kier alpha value is -1.61. The van der Waals surface area contributed by atoms with Crippen LogP contribution in [0.15, 0.2) is 24.9 Å². The molecule has 0 radical (unpaired) electrons. The maximum absolute atomic E-state index is 14.9. The molecule has 3 aliphatic heterocycles. The molecule has 4 N–H and O–H groups in total. The minimum Gasteiger partial charge on any atom is -0.393 e. The summed E-state index contributed by atoms with van der Waals surface area (Å²) in [6.45, 7) is 2.78. The summed E-state index contributed by atoms with van der Waals surface area (Å²) in [5, 5.41) is 28.8. The molecule has 1 spiro atoms. The van der Waals surface area contributed by atoms with Gasteiger partial charge >= 0.3 is 18.1 Å². The van der Waals surface area contributed by atoms with Gasteiger partial charge in [0.05, 0.1) is 6.61 Å². The van der Waals surface area contributed by atoms with Crippen LogP contribution in [0.1, 0.15) is 0 Å². The van der Waals surface area contributed by atoms with Crippen molar-refractivity contribution >= 4 is 11.9 Å². The molecule has 3 heterocycles. The van der Waals surface area contributed by atoms with Crippen molar-refractivity contribution in [2.24, 2.45) is 0 Å². The number of halogens is 1. The summed E-state index contributed by atoms with van der Waals surface area (Å²) in [5.41, 5.74) is -1.61. The van der Waals surface area contributed by atoms with Gasteiger partial charge in [-0.2, -0.15) is 4.39 Å². The zero-order valence-corrected chi connectivity index (χ0v) is 9.84. The standard InChI is InChI=1S/C11H12FN3O4/c1-2-10(5-16)7(17)11(12)8(19-10)15(11)4-3-6(13)14-9(15)18/h2-4,7-8,16-17H,1,5H2,(H-,13,14,18)/p+1/t7-,8-,10-,11-,15?/m1/s1. The molecule has 2 fully saturated rings. The number of ether oxygens (including phenoxy) is 1. The third-order valence-corrected chi connectivity index (χ3v) is 4.04. The van der Waals surface area contributed by atoms with E-state index in [1.807, 2.05) is 0 Å². The molecule has 1 unspecified atom stereocenters. The highest BCUT2D eigenvalue weighted by Gasteiger charge is 2.97. The number of carbonyl (C=O) groups is 1. The van der Waals surface area contributed by atoms with Gasteiger partial charge in [-0.1, -0.05) is 6.08 Å². The van der Waals surface area contributed by atoms with Gasteiger partial charge in [0.25, 0.3) is 0 Å². The molecule has 0 aromatic heterocycles. The van der Waals surface area contributed by atoms with Gasteiger partial charge in [-0.15, -0.1) is 11.1 Å². The van der Waals surface area contributed by atoms with Gasteiger partial charge in [0, 0.05) is 6.08 Å². The van der Waals surface area contributed by atoms with Crippen LogP contribution in [-0.4, -0.2) is 56.9 Å². The lowest BCUT2D eigenvalue weighted by Gasteiger charge is -2.32. The highest BCUT2D eigenvalue weighted by atomic mass is 19.2. The molecule has 3 aliphatic rings. The molecule has 2 saturated heterocycles. The SMILES string of the molecule is C=C[C@]1(CO)O[C@@H]2[C@@](F)([C@@H]1O)[N+]21C=CC(=N)NC1=O. The highest BCUT2D eigenvalue weighted by molar-refractivity contribution is 6.02. The van der Waals surface area contributed by atoms with Crippen LogP contribution in [0, 0.1) is 5.41 Å². The van der Waals surface area contributed by atoms with Crippen LogP contribution < -0.4 is 5.32 Å². The second-order valence-electron chi connectivity index (χ2n) is 4.85. The van der Waals surface area contributed by atoms with Gasteiger partial charge < -0.3 is 14.9 Å². The molecule has 0 aliphatic carbocycles. The Labute approximate surface area is 107 Å². The zero-order chi connectivity index (χ0) is 14.1. The number of urea groups is 1. The van der Waals surface area contributed by atoms with Crippen molar-refractivity contribution < 1.29 is 28.6 Å². The lowest BCUT2D eigenvalue weighted by molar-refractivity contribution is -0.747. The Kier molecular flexibility index (Phi) is 2.15. The number of nitrogens with one attached hydrogen (secondary N) is 2. The van der Waals surface area contributed by atoms with Gasteiger partial charge in [-0.05, 0) is 0 Å². The molecule has 2 amide bonds. The number of amides is 2. The van der Waals surface area contributed by atoms with E-state index in [0.717, 1.165) is 6.08 Å². The number of hydrogen-bond acceptors (Lipinski definition) is 5. The average Bonchev–Trinajstić information content (AvgIpc) is 2.81. The third kappa shape index (κ3) is 1.07. The van der Waals surface area contributed by atoms with Crippen molar-refractivity contribution in [3.8, 4) is 0 Å². The summed E-state index contributed by atoms with van der Waals surface area (Å²) < 4.78 is 19.4. The third-order valence-electron chi connectivity index (χ3n) is 4.04. The average molecular weight is 270 g/mol. The summed E-state index contributed by atoms with van der Waals surface area (Å²) in [5.74, 6) is -2.54. The van der Waals surface area contributed by atoms with E-state index in [4.69, 9.17) is 10.1 Å². The van der Waals surface area contributed by atoms with Crippen LogP contribution in [0.2, 0.25) is 0 Å². The van der Waals surface area contributed by atoms with Crippen molar-refractivity contribution in [2.75, 3.05) is 6.61 Å². The molecule has 0 aromatic carbocycles. The van der Waals surface area contributed by atoms with E-state index in [1.54, 1.807) is 0 Å². The second kappa shape index (κ2) is 3.28. The van der Waals surface area contributed by atoms with Crippen molar-refractivity contribution in [1.29, 1.82) is 5.41 Å². The summed E-state index contributed by atoms with van der Waals surface area (Å²) >= 11 is 0. The Morgan fingerprint density at radius 1 is 1.74 bits per heavy atom. The van der Waals surface area contributed by atoms with Gasteiger partial charge in [0.1, 0.15) is 12.0 Å². The van der Waals surface area contributed by atoms with E-state index >= 15 is 0 Å². The normalized spacial score (nSPS) is 51.1. The van der Waals surface area contributed by atoms with Crippen LogP contribution >= 0.6 is 0 Å². The minimum atomic E-state index is -2.38. The number of nitrogens with zero attached hydrogens (tertiary/aromatic N) is 1. The first-order valence-corrected chi connectivity index (χ1v) is 5.66. The molecular formula is C11H13FN3O4+. The maximum atomic E-state index is 14.9. The monoisotopic (exact) mass is 270 g/mol. The summed E-state index contributed by atoms with van der Waals surface area (Å²) in [4.78, 5) is 11.9. The number of rotatable bonds is 2. The first-order valence-electron chi connectivity index (χ1n) is 5.66. The summed E-state index contributed by atoms with van der Waals surface area (Å²) in [6, 6.07) is -0.783. The van der Waals surface area contributed by atoms with E-state index in [2.05, 4.69) is 11.9 Å². The molecular weight excluding hydrogens is 257 g/mol. The van der Waals surface area contributed by atoms with Crippen LogP contribution in [0.25, 0.3) is 0 Å². The Balaban J connectivity index is 2.02. The molecule has 102 valence electrons. The summed E-state index contributed by atoms with van der Waals surface area (Å²) in [6.07, 6.45) is 0.563. The van der Waals surface area contributed by atoms with E-state index in [0.29, 0.717) is 0 Å². The van der Waals surface area contributed by atoms with E-state index in [-0.39, 0.29) is 5.84 Å². The van der Waals surface area contributed by atoms with Crippen LogP contribution in [0.4, 0.5) is 9.18 Å². The number of fused-ring (bicyclic) bond motifs is 3. The molecule has 0 aromatic rings. The molecule has 0 saturated carbocycles. The number of aliphatic hydroxyl groups is 2. The number of amidine groups is 1. The quantitative estimate of drug-likeness (QED) is 0.231. The molecule has 8 heteroatoms. The fourth-order valence-electron chi connectivity index (χ4n) is 2.82. The highest BCUT2D eigenvalue weighted by Crippen LogP contribution is 2.64. The number of carbonyl (C=O) groups excluding carboxylic acids is 1. The Morgan fingerprint density at radius 2 is 2.42 bits per heavy atom. The second-order valence-corrected chi connectivity index (χ2v) is 4.85. The fraction of sp³-hybridized carbons (Fsp3) is 0.455. The number of alkyl halides is 1. The Bertz CT molecular complexity index is 538. The predicted octanol–water partition coefficient (Wildman–Crippen LogP) is -0.669. The first kappa shape index (κ1) is 12.4.